The molecule has 35 heavy (non-hydrogen) atoms. The maximum Gasteiger partial charge on any atom is 0.203 e. The topological polar surface area (TPSA) is 72.5 Å². The lowest BCUT2D eigenvalue weighted by Crippen LogP contribution is -2.33. The third-order valence-corrected chi connectivity index (χ3v) is 8.48. The van der Waals surface area contributed by atoms with Crippen LogP contribution in [-0.4, -0.2) is 48.4 Å². The number of hydrogen-bond donors (Lipinski definition) is 0. The molecule has 4 atom stereocenters. The molecule has 2 spiro atoms. The van der Waals surface area contributed by atoms with E-state index in [9.17, 15) is 4.79 Å². The fourth-order valence-electron chi connectivity index (χ4n) is 6.59. The SMILES string of the molecule is COc1cc(C2CC23CCCC2(CC2c2cc(OC)c(OC)c(OC)c2)C3=O)cc(OC)c1OC. The summed E-state index contributed by atoms with van der Waals surface area (Å²) in [6, 6.07) is 8.00. The van der Waals surface area contributed by atoms with E-state index < -0.39 is 0 Å². The number of benzene rings is 2. The predicted molar refractivity (Wildman–Crippen MR) is 131 cm³/mol. The van der Waals surface area contributed by atoms with Gasteiger partial charge >= 0.3 is 0 Å². The van der Waals surface area contributed by atoms with E-state index in [1.54, 1.807) is 42.7 Å². The smallest absolute Gasteiger partial charge is 0.203 e. The van der Waals surface area contributed by atoms with Gasteiger partial charge in [0.2, 0.25) is 11.5 Å². The van der Waals surface area contributed by atoms with Gasteiger partial charge in [-0.3, -0.25) is 4.79 Å². The Kier molecular flexibility index (Phi) is 5.77. The second kappa shape index (κ2) is 8.54. The molecule has 0 bridgehead atoms. The lowest BCUT2D eigenvalue weighted by Gasteiger charge is -2.30. The molecule has 3 aliphatic rings. The van der Waals surface area contributed by atoms with Gasteiger partial charge < -0.3 is 28.4 Å². The summed E-state index contributed by atoms with van der Waals surface area (Å²) in [7, 11) is 9.69. The minimum Gasteiger partial charge on any atom is -0.493 e. The maximum atomic E-state index is 14.2. The molecule has 5 rings (SSSR count). The molecule has 0 radical (unpaired) electrons. The molecule has 0 aromatic heterocycles. The van der Waals surface area contributed by atoms with Crippen molar-refractivity contribution >= 4 is 5.78 Å². The Labute approximate surface area is 206 Å². The van der Waals surface area contributed by atoms with Crippen LogP contribution in [0.4, 0.5) is 0 Å². The quantitative estimate of drug-likeness (QED) is 0.516. The second-order valence-electron chi connectivity index (χ2n) is 9.93. The Morgan fingerprint density at radius 2 is 0.943 bits per heavy atom. The van der Waals surface area contributed by atoms with Crippen LogP contribution in [0.15, 0.2) is 24.3 Å². The van der Waals surface area contributed by atoms with Gasteiger partial charge in [-0.2, -0.15) is 0 Å². The van der Waals surface area contributed by atoms with Gasteiger partial charge in [0.1, 0.15) is 5.78 Å². The molecular weight excluding hydrogens is 448 g/mol. The van der Waals surface area contributed by atoms with E-state index >= 15 is 0 Å². The van der Waals surface area contributed by atoms with E-state index in [0.717, 1.165) is 43.2 Å². The van der Waals surface area contributed by atoms with Crippen molar-refractivity contribution in [3.05, 3.63) is 35.4 Å². The molecule has 2 aromatic rings. The fourth-order valence-corrected chi connectivity index (χ4v) is 6.59. The lowest BCUT2D eigenvalue weighted by molar-refractivity contribution is -0.132. The molecule has 3 aliphatic carbocycles. The Hall–Kier alpha value is -3.09. The molecule has 188 valence electrons. The molecule has 7 heteroatoms. The molecule has 0 heterocycles. The van der Waals surface area contributed by atoms with Gasteiger partial charge in [-0.05, 0) is 72.9 Å². The van der Waals surface area contributed by atoms with E-state index in [4.69, 9.17) is 28.4 Å². The van der Waals surface area contributed by atoms with Crippen LogP contribution in [0.3, 0.4) is 0 Å². The molecule has 7 nitrogen and oxygen atoms in total. The zero-order chi connectivity index (χ0) is 25.0. The van der Waals surface area contributed by atoms with Gasteiger partial charge in [0.25, 0.3) is 0 Å². The van der Waals surface area contributed by atoms with Crippen molar-refractivity contribution in [1.82, 2.24) is 0 Å². The zero-order valence-electron chi connectivity index (χ0n) is 21.4. The highest BCUT2D eigenvalue weighted by Gasteiger charge is 2.72. The number of Topliss-reactive ketones (excluding diaryl/α,β-unsaturated/α-hetero) is 1. The molecule has 0 amide bonds. The van der Waals surface area contributed by atoms with Gasteiger partial charge in [0, 0.05) is 10.8 Å². The summed E-state index contributed by atoms with van der Waals surface area (Å²) in [5.41, 5.74) is 1.54. The highest BCUT2D eigenvalue weighted by atomic mass is 16.5. The van der Waals surface area contributed by atoms with Crippen molar-refractivity contribution in [2.24, 2.45) is 10.8 Å². The van der Waals surface area contributed by atoms with Crippen molar-refractivity contribution in [2.45, 2.75) is 43.9 Å². The molecular formula is C28H34O7. The van der Waals surface area contributed by atoms with Crippen LogP contribution in [0.1, 0.15) is 55.1 Å². The van der Waals surface area contributed by atoms with Crippen LogP contribution in [0, 0.1) is 10.8 Å². The van der Waals surface area contributed by atoms with Crippen molar-refractivity contribution < 1.29 is 33.2 Å². The van der Waals surface area contributed by atoms with Crippen molar-refractivity contribution in [3.8, 4) is 34.5 Å². The van der Waals surface area contributed by atoms with Gasteiger partial charge in [0.15, 0.2) is 23.0 Å². The largest absolute Gasteiger partial charge is 0.493 e. The first-order chi connectivity index (χ1) is 16.9. The average Bonchev–Trinajstić information content (AvgIpc) is 3.80. The van der Waals surface area contributed by atoms with Gasteiger partial charge in [-0.15, -0.1) is 0 Å². The Morgan fingerprint density at radius 3 is 1.23 bits per heavy atom. The summed E-state index contributed by atoms with van der Waals surface area (Å²) in [6.45, 7) is 0. The highest BCUT2D eigenvalue weighted by Crippen LogP contribution is 2.76. The van der Waals surface area contributed by atoms with E-state index in [1.807, 2.05) is 24.3 Å². The number of ether oxygens (including phenoxy) is 6. The monoisotopic (exact) mass is 482 g/mol. The fraction of sp³-hybridized carbons (Fsp3) is 0.536. The number of ketones is 1. The van der Waals surface area contributed by atoms with Crippen LogP contribution in [0.5, 0.6) is 34.5 Å². The summed E-state index contributed by atoms with van der Waals surface area (Å²) in [5.74, 6) is 4.41. The van der Waals surface area contributed by atoms with E-state index in [0.29, 0.717) is 40.3 Å². The summed E-state index contributed by atoms with van der Waals surface area (Å²) >= 11 is 0. The normalized spacial score (nSPS) is 28.6. The summed E-state index contributed by atoms with van der Waals surface area (Å²) in [6.07, 6.45) is 4.64. The third kappa shape index (κ3) is 3.42. The van der Waals surface area contributed by atoms with E-state index in [1.165, 1.54) is 0 Å². The van der Waals surface area contributed by atoms with Crippen LogP contribution in [0.25, 0.3) is 0 Å². The Bertz CT molecular complexity index is 1020. The predicted octanol–water partition coefficient (Wildman–Crippen LogP) is 5.14. The molecule has 2 aromatic carbocycles. The van der Waals surface area contributed by atoms with Crippen LogP contribution in [0.2, 0.25) is 0 Å². The van der Waals surface area contributed by atoms with Gasteiger partial charge in [0.05, 0.1) is 42.7 Å². The molecule has 0 aliphatic heterocycles. The highest BCUT2D eigenvalue weighted by molar-refractivity contribution is 5.98. The minimum atomic E-state index is -0.307. The molecule has 0 saturated heterocycles. The number of rotatable bonds is 8. The summed E-state index contributed by atoms with van der Waals surface area (Å²) < 4.78 is 33.2. The lowest BCUT2D eigenvalue weighted by atomic mass is 9.71. The van der Waals surface area contributed by atoms with Crippen LogP contribution >= 0.6 is 0 Å². The molecule has 0 N–H and O–H groups in total. The molecule has 3 saturated carbocycles. The van der Waals surface area contributed by atoms with Crippen molar-refractivity contribution in [3.63, 3.8) is 0 Å². The van der Waals surface area contributed by atoms with Gasteiger partial charge in [-0.25, -0.2) is 0 Å². The van der Waals surface area contributed by atoms with E-state index in [-0.39, 0.29) is 22.7 Å². The van der Waals surface area contributed by atoms with E-state index in [2.05, 4.69) is 0 Å². The van der Waals surface area contributed by atoms with Gasteiger partial charge in [-0.1, -0.05) is 6.42 Å². The van der Waals surface area contributed by atoms with Crippen molar-refractivity contribution in [2.75, 3.05) is 42.7 Å². The first kappa shape index (κ1) is 23.6. The average molecular weight is 483 g/mol. The number of methoxy groups -OCH3 is 6. The molecule has 4 unspecified atom stereocenters. The Morgan fingerprint density at radius 1 is 0.600 bits per heavy atom. The number of carbonyl (C=O) groups excluding carboxylic acids is 1. The maximum absolute atomic E-state index is 14.2. The first-order valence-electron chi connectivity index (χ1n) is 12.1. The number of carbonyl (C=O) groups is 1. The first-order valence-corrected chi connectivity index (χ1v) is 12.1. The zero-order valence-corrected chi connectivity index (χ0v) is 21.4. The summed E-state index contributed by atoms with van der Waals surface area (Å²) in [5, 5.41) is 0. The third-order valence-electron chi connectivity index (χ3n) is 8.48. The Balaban J connectivity index is 1.45. The molecule has 3 fully saturated rings. The second-order valence-corrected chi connectivity index (χ2v) is 9.93. The van der Waals surface area contributed by atoms with Crippen LogP contribution in [-0.2, 0) is 4.79 Å². The minimum absolute atomic E-state index is 0.169. The standard InChI is InChI=1S/C28H34O7/c1-30-20-10-16(11-21(31-2)24(20)34-5)18-14-27(18)8-7-9-28(26(27)29)15-19(28)17-12-22(32-3)25(35-6)23(13-17)33-4/h10-13,18-19H,7-9,14-15H2,1-6H3. The van der Waals surface area contributed by atoms with Crippen LogP contribution < -0.4 is 28.4 Å². The van der Waals surface area contributed by atoms with Crippen molar-refractivity contribution in [1.29, 1.82) is 0 Å². The number of hydrogen-bond acceptors (Lipinski definition) is 7. The summed E-state index contributed by atoms with van der Waals surface area (Å²) in [4.78, 5) is 14.2.